The highest BCUT2D eigenvalue weighted by atomic mass is 32.2. The monoisotopic (exact) mass is 363 g/mol. The molecular weight excluding hydrogens is 342 g/mol. The van der Waals surface area contributed by atoms with E-state index in [9.17, 15) is 13.2 Å². The van der Waals surface area contributed by atoms with Gasteiger partial charge < -0.3 is 5.32 Å². The van der Waals surface area contributed by atoms with Gasteiger partial charge in [-0.2, -0.15) is 0 Å². The number of hydrogen-bond acceptors (Lipinski definition) is 4. The van der Waals surface area contributed by atoms with Crippen molar-refractivity contribution in [2.75, 3.05) is 12.3 Å². The molecule has 0 spiro atoms. The number of rotatable bonds is 7. The Balaban J connectivity index is 2.00. The molecule has 1 N–H and O–H groups in total. The Hall–Kier alpha value is -1.79. The van der Waals surface area contributed by atoms with Crippen LogP contribution in [0.15, 0.2) is 64.4 Å². The lowest BCUT2D eigenvalue weighted by molar-refractivity contribution is 0.0953. The van der Waals surface area contributed by atoms with E-state index in [1.54, 1.807) is 43.8 Å². The van der Waals surface area contributed by atoms with Crippen LogP contribution in [0.25, 0.3) is 0 Å². The Bertz CT molecular complexity index is 787. The fourth-order valence-electron chi connectivity index (χ4n) is 2.10. The number of thioether (sulfide) groups is 1. The Labute approximate surface area is 147 Å². The zero-order valence-electron chi connectivity index (χ0n) is 13.7. The number of carbonyl (C=O) groups is 1. The summed E-state index contributed by atoms with van der Waals surface area (Å²) in [6, 6.07) is 16.3. The van der Waals surface area contributed by atoms with Gasteiger partial charge in [0.15, 0.2) is 9.84 Å². The third kappa shape index (κ3) is 4.61. The van der Waals surface area contributed by atoms with Crippen LogP contribution in [0.2, 0.25) is 0 Å². The molecule has 4 nitrogen and oxygen atoms in total. The fourth-order valence-corrected chi connectivity index (χ4v) is 4.13. The van der Waals surface area contributed by atoms with Crippen LogP contribution in [0, 0.1) is 0 Å². The predicted octanol–water partition coefficient (Wildman–Crippen LogP) is 3.39. The molecule has 0 unspecified atom stereocenters. The number of nitrogens with one attached hydrogen (secondary N) is 1. The van der Waals surface area contributed by atoms with Gasteiger partial charge in [0.1, 0.15) is 0 Å². The lowest BCUT2D eigenvalue weighted by Gasteiger charge is -2.13. The maximum Gasteiger partial charge on any atom is 0.252 e. The van der Waals surface area contributed by atoms with Crippen molar-refractivity contribution in [1.82, 2.24) is 5.32 Å². The first-order chi connectivity index (χ1) is 11.4. The summed E-state index contributed by atoms with van der Waals surface area (Å²) in [7, 11) is -3.49. The summed E-state index contributed by atoms with van der Waals surface area (Å²) in [5.41, 5.74) is 0.205. The standard InChI is InChI=1S/C18H21NO3S2/c1-14(2)24(21,22)17-11-7-6-10-16(17)18(20)19-12-13-23-15-8-4-3-5-9-15/h3-11,14H,12-13H2,1-2H3,(H,19,20). The minimum atomic E-state index is -3.49. The summed E-state index contributed by atoms with van der Waals surface area (Å²) in [5.74, 6) is 0.359. The molecule has 0 aliphatic carbocycles. The zero-order chi connectivity index (χ0) is 17.6. The first-order valence-electron chi connectivity index (χ1n) is 7.72. The molecule has 0 aliphatic heterocycles. The highest BCUT2D eigenvalue weighted by molar-refractivity contribution is 7.99. The molecule has 2 rings (SSSR count). The SMILES string of the molecule is CC(C)S(=O)(=O)c1ccccc1C(=O)NCCSc1ccccc1. The molecule has 6 heteroatoms. The second-order valence-corrected chi connectivity index (χ2v) is 9.15. The Morgan fingerprint density at radius 3 is 2.33 bits per heavy atom. The summed E-state index contributed by atoms with van der Waals surface area (Å²) in [6.45, 7) is 3.69. The van der Waals surface area contributed by atoms with E-state index < -0.39 is 15.1 Å². The van der Waals surface area contributed by atoms with Gasteiger partial charge in [-0.05, 0) is 38.1 Å². The Morgan fingerprint density at radius 1 is 1.04 bits per heavy atom. The number of sulfone groups is 1. The van der Waals surface area contributed by atoms with E-state index in [-0.39, 0.29) is 16.4 Å². The van der Waals surface area contributed by atoms with Gasteiger partial charge in [-0.1, -0.05) is 30.3 Å². The van der Waals surface area contributed by atoms with Crippen molar-refractivity contribution in [2.24, 2.45) is 0 Å². The van der Waals surface area contributed by atoms with Gasteiger partial charge in [0.25, 0.3) is 5.91 Å². The molecule has 0 fully saturated rings. The van der Waals surface area contributed by atoms with E-state index in [2.05, 4.69) is 5.32 Å². The molecule has 24 heavy (non-hydrogen) atoms. The summed E-state index contributed by atoms with van der Waals surface area (Å²) < 4.78 is 24.8. The normalized spacial score (nSPS) is 11.5. The quantitative estimate of drug-likeness (QED) is 0.605. The van der Waals surface area contributed by atoms with E-state index in [0.29, 0.717) is 6.54 Å². The van der Waals surface area contributed by atoms with E-state index in [1.807, 2.05) is 30.3 Å². The maximum atomic E-state index is 12.4. The lowest BCUT2D eigenvalue weighted by Crippen LogP contribution is -2.28. The average molecular weight is 364 g/mol. The van der Waals surface area contributed by atoms with Crippen molar-refractivity contribution in [3.63, 3.8) is 0 Å². The van der Waals surface area contributed by atoms with E-state index in [4.69, 9.17) is 0 Å². The predicted molar refractivity (Wildman–Crippen MR) is 98.3 cm³/mol. The van der Waals surface area contributed by atoms with Crippen LogP contribution in [0.1, 0.15) is 24.2 Å². The zero-order valence-corrected chi connectivity index (χ0v) is 15.4. The smallest absolute Gasteiger partial charge is 0.252 e. The van der Waals surface area contributed by atoms with Crippen LogP contribution in [0.3, 0.4) is 0 Å². The largest absolute Gasteiger partial charge is 0.351 e. The average Bonchev–Trinajstić information content (AvgIpc) is 2.59. The second-order valence-electron chi connectivity index (χ2n) is 5.51. The van der Waals surface area contributed by atoms with Crippen molar-refractivity contribution in [3.05, 3.63) is 60.2 Å². The maximum absolute atomic E-state index is 12.4. The molecule has 0 heterocycles. The molecule has 0 atom stereocenters. The van der Waals surface area contributed by atoms with Gasteiger partial charge in [-0.25, -0.2) is 8.42 Å². The van der Waals surface area contributed by atoms with Crippen LogP contribution in [0.4, 0.5) is 0 Å². The van der Waals surface area contributed by atoms with Crippen molar-refractivity contribution in [1.29, 1.82) is 0 Å². The number of carbonyl (C=O) groups excluding carboxylic acids is 1. The highest BCUT2D eigenvalue weighted by Crippen LogP contribution is 2.20. The van der Waals surface area contributed by atoms with Gasteiger partial charge in [0, 0.05) is 17.2 Å². The van der Waals surface area contributed by atoms with Crippen LogP contribution >= 0.6 is 11.8 Å². The van der Waals surface area contributed by atoms with Crippen molar-refractivity contribution < 1.29 is 13.2 Å². The third-order valence-electron chi connectivity index (χ3n) is 3.46. The number of amides is 1. The van der Waals surface area contributed by atoms with Crippen LogP contribution in [0.5, 0.6) is 0 Å². The number of hydrogen-bond donors (Lipinski definition) is 1. The summed E-state index contributed by atoms with van der Waals surface area (Å²) in [6.07, 6.45) is 0. The molecule has 0 saturated carbocycles. The summed E-state index contributed by atoms with van der Waals surface area (Å²) >= 11 is 1.64. The molecule has 0 aliphatic rings. The molecule has 0 aromatic heterocycles. The molecule has 1 amide bonds. The Kier molecular flexibility index (Phi) is 6.45. The highest BCUT2D eigenvalue weighted by Gasteiger charge is 2.24. The number of benzene rings is 2. The molecule has 0 radical (unpaired) electrons. The van der Waals surface area contributed by atoms with E-state index in [1.165, 1.54) is 6.07 Å². The van der Waals surface area contributed by atoms with Crippen molar-refractivity contribution >= 4 is 27.5 Å². The summed E-state index contributed by atoms with van der Waals surface area (Å²) in [4.78, 5) is 13.6. The first kappa shape index (κ1) is 18.5. The van der Waals surface area contributed by atoms with E-state index in [0.717, 1.165) is 10.6 Å². The van der Waals surface area contributed by atoms with Crippen molar-refractivity contribution in [2.45, 2.75) is 28.9 Å². The van der Waals surface area contributed by atoms with Crippen molar-refractivity contribution in [3.8, 4) is 0 Å². The van der Waals surface area contributed by atoms with Crippen LogP contribution < -0.4 is 5.32 Å². The fraction of sp³-hybridized carbons (Fsp3) is 0.278. The van der Waals surface area contributed by atoms with E-state index >= 15 is 0 Å². The summed E-state index contributed by atoms with van der Waals surface area (Å²) in [5, 5.41) is 2.23. The molecule has 128 valence electrons. The van der Waals surface area contributed by atoms with Gasteiger partial charge in [0.2, 0.25) is 0 Å². The minimum Gasteiger partial charge on any atom is -0.351 e. The Morgan fingerprint density at radius 2 is 1.67 bits per heavy atom. The van der Waals surface area contributed by atoms with Gasteiger partial charge in [0.05, 0.1) is 15.7 Å². The molecule has 2 aromatic carbocycles. The van der Waals surface area contributed by atoms with Gasteiger partial charge in [-0.3, -0.25) is 4.79 Å². The topological polar surface area (TPSA) is 63.2 Å². The van der Waals surface area contributed by atoms with Gasteiger partial charge in [-0.15, -0.1) is 11.8 Å². The second kappa shape index (κ2) is 8.35. The van der Waals surface area contributed by atoms with Gasteiger partial charge >= 0.3 is 0 Å². The molecule has 2 aromatic rings. The molecule has 0 bridgehead atoms. The minimum absolute atomic E-state index is 0.0909. The molecular formula is C18H21NO3S2. The molecule has 0 saturated heterocycles. The van der Waals surface area contributed by atoms with Crippen LogP contribution in [-0.4, -0.2) is 31.9 Å². The third-order valence-corrected chi connectivity index (χ3v) is 6.68. The first-order valence-corrected chi connectivity index (χ1v) is 10.2. The van der Waals surface area contributed by atoms with Crippen LogP contribution in [-0.2, 0) is 9.84 Å². The lowest BCUT2D eigenvalue weighted by atomic mass is 10.2.